The number of benzene rings is 1. The molecule has 0 aliphatic heterocycles. The van der Waals surface area contributed by atoms with Crippen LogP contribution in [0.3, 0.4) is 0 Å². The maximum atomic E-state index is 9.65. The van der Waals surface area contributed by atoms with E-state index in [0.29, 0.717) is 6.42 Å². The summed E-state index contributed by atoms with van der Waals surface area (Å²) >= 11 is 0. The summed E-state index contributed by atoms with van der Waals surface area (Å²) in [5.41, 5.74) is 0. The van der Waals surface area contributed by atoms with Crippen LogP contribution in [0.2, 0.25) is 0 Å². The molecular formula is C10H12O3. The van der Waals surface area contributed by atoms with Gasteiger partial charge in [0.2, 0.25) is 0 Å². The number of carboxylic acids is 1. The molecule has 0 aromatic heterocycles. The number of aliphatic carboxylic acids is 1. The molecule has 13 heavy (non-hydrogen) atoms. The highest BCUT2D eigenvalue weighted by Gasteiger charge is 1.91. The molecule has 0 aromatic rings. The van der Waals surface area contributed by atoms with Crippen LogP contribution in [0.5, 0.6) is 0 Å². The number of hydrogen-bond donors (Lipinski definition) is 2. The number of carbonyl (C=O) groups is 1. The fourth-order valence-electron chi connectivity index (χ4n) is 0.893. The first kappa shape index (κ1) is 9.74. The van der Waals surface area contributed by atoms with E-state index in [9.17, 15) is 4.79 Å². The minimum Gasteiger partial charge on any atom is -0.481 e. The second-order valence-electron chi connectivity index (χ2n) is 2.80. The molecule has 0 saturated heterocycles. The van der Waals surface area contributed by atoms with Crippen LogP contribution in [0.15, 0.2) is 24.3 Å². The van der Waals surface area contributed by atoms with Gasteiger partial charge in [0.15, 0.2) is 0 Å². The third-order valence-electron chi connectivity index (χ3n) is 1.77. The molecule has 0 spiro atoms. The zero-order chi connectivity index (χ0) is 9.68. The van der Waals surface area contributed by atoms with E-state index in [1.165, 1.54) is 10.4 Å². The van der Waals surface area contributed by atoms with Crippen LogP contribution >= 0.6 is 0 Å². The van der Waals surface area contributed by atoms with E-state index < -0.39 is 5.97 Å². The molecule has 0 saturated carbocycles. The summed E-state index contributed by atoms with van der Waals surface area (Å²) in [6, 6.07) is 8.48. The number of rotatable bonds is 3. The molecule has 0 aromatic carbocycles. The SMILES string of the molecule is O=C(O)CCCO.c1cc2ccc1=2. The molecule has 2 N–H and O–H groups in total. The highest BCUT2D eigenvalue weighted by molar-refractivity contribution is 5.66. The molecular weight excluding hydrogens is 168 g/mol. The first-order valence-electron chi connectivity index (χ1n) is 4.17. The summed E-state index contributed by atoms with van der Waals surface area (Å²) in [5, 5.41) is 18.8. The van der Waals surface area contributed by atoms with E-state index in [1.54, 1.807) is 0 Å². The van der Waals surface area contributed by atoms with Gasteiger partial charge in [-0.25, -0.2) is 0 Å². The Bertz CT molecular complexity index is 320. The van der Waals surface area contributed by atoms with E-state index >= 15 is 0 Å². The second-order valence-corrected chi connectivity index (χ2v) is 2.80. The summed E-state index contributed by atoms with van der Waals surface area (Å²) in [6.45, 7) is -0.0354. The Hall–Kier alpha value is -1.35. The Morgan fingerprint density at radius 1 is 1.15 bits per heavy atom. The first-order chi connectivity index (χ1) is 6.24. The molecule has 0 fully saturated rings. The molecule has 2 rings (SSSR count). The van der Waals surface area contributed by atoms with Crippen molar-refractivity contribution in [2.45, 2.75) is 12.8 Å². The zero-order valence-electron chi connectivity index (χ0n) is 7.23. The average Bonchev–Trinajstić information content (AvgIpc) is 2.08. The van der Waals surface area contributed by atoms with E-state index in [1.807, 2.05) is 0 Å². The predicted octanol–water partition coefficient (Wildman–Crippen LogP) is 1.13. The standard InChI is InChI=1S/C6H4.C4H8O3/c1-2-6-4-3-5(1)6;5-3-1-2-4(6)7/h1-4H;5H,1-3H2,(H,6,7). The predicted molar refractivity (Wildman–Crippen MR) is 48.1 cm³/mol. The molecule has 0 radical (unpaired) electrons. The lowest BCUT2D eigenvalue weighted by atomic mass is 10.1. The molecule has 70 valence electrons. The topological polar surface area (TPSA) is 57.5 Å². The zero-order valence-corrected chi connectivity index (χ0v) is 7.23. The molecule has 3 heteroatoms. The lowest BCUT2D eigenvalue weighted by Gasteiger charge is -1.95. The van der Waals surface area contributed by atoms with Gasteiger partial charge in [0.25, 0.3) is 0 Å². The lowest BCUT2D eigenvalue weighted by Crippen LogP contribution is -1.95. The van der Waals surface area contributed by atoms with Crippen LogP contribution < -0.4 is 0 Å². The number of carboxylic acid groups (broad SMARTS) is 1. The van der Waals surface area contributed by atoms with Gasteiger partial charge in [-0.3, -0.25) is 4.79 Å². The molecule has 2 aliphatic carbocycles. The van der Waals surface area contributed by atoms with Gasteiger partial charge >= 0.3 is 5.97 Å². The maximum absolute atomic E-state index is 9.65. The summed E-state index contributed by atoms with van der Waals surface area (Å²) in [4.78, 5) is 9.65. The fraction of sp³-hybridized carbons (Fsp3) is 0.300. The summed E-state index contributed by atoms with van der Waals surface area (Å²) in [6.07, 6.45) is 0.422. The van der Waals surface area contributed by atoms with Crippen LogP contribution in [-0.4, -0.2) is 22.8 Å². The van der Waals surface area contributed by atoms with Gasteiger partial charge in [0.1, 0.15) is 0 Å². The third-order valence-corrected chi connectivity index (χ3v) is 1.77. The Kier molecular flexibility index (Phi) is 3.46. The van der Waals surface area contributed by atoms with Crippen molar-refractivity contribution in [3.05, 3.63) is 34.7 Å². The van der Waals surface area contributed by atoms with Crippen molar-refractivity contribution in [1.29, 1.82) is 0 Å². The largest absolute Gasteiger partial charge is 0.481 e. The lowest BCUT2D eigenvalue weighted by molar-refractivity contribution is -0.137. The van der Waals surface area contributed by atoms with Gasteiger partial charge in [-0.05, 0) is 16.9 Å². The third kappa shape index (κ3) is 2.87. The van der Waals surface area contributed by atoms with Crippen LogP contribution in [-0.2, 0) is 4.79 Å². The summed E-state index contributed by atoms with van der Waals surface area (Å²) in [5.74, 6) is -0.853. The fourth-order valence-corrected chi connectivity index (χ4v) is 0.893. The normalized spacial score (nSPS) is 9.92. The van der Waals surface area contributed by atoms with E-state index in [0.717, 1.165) is 0 Å². The van der Waals surface area contributed by atoms with Gasteiger partial charge in [0, 0.05) is 13.0 Å². The molecule has 2 aliphatic rings. The van der Waals surface area contributed by atoms with Crippen molar-refractivity contribution in [3.8, 4) is 0 Å². The van der Waals surface area contributed by atoms with Gasteiger partial charge in [-0.1, -0.05) is 24.3 Å². The molecule has 0 unspecified atom stereocenters. The number of hydrogen-bond acceptors (Lipinski definition) is 2. The summed E-state index contributed by atoms with van der Waals surface area (Å²) < 4.78 is 0. The van der Waals surface area contributed by atoms with E-state index in [2.05, 4.69) is 24.3 Å². The minimum absolute atomic E-state index is 0.0354. The highest BCUT2D eigenvalue weighted by atomic mass is 16.4. The maximum Gasteiger partial charge on any atom is 0.303 e. The van der Waals surface area contributed by atoms with Crippen molar-refractivity contribution >= 4 is 5.97 Å². The average molecular weight is 180 g/mol. The van der Waals surface area contributed by atoms with Crippen molar-refractivity contribution in [3.63, 3.8) is 0 Å². The monoisotopic (exact) mass is 180 g/mol. The number of aliphatic hydroxyl groups is 1. The van der Waals surface area contributed by atoms with Crippen LogP contribution in [0.25, 0.3) is 0 Å². The van der Waals surface area contributed by atoms with Crippen LogP contribution in [0.1, 0.15) is 12.8 Å². The Labute approximate surface area is 76.0 Å². The Morgan fingerprint density at radius 2 is 1.62 bits per heavy atom. The van der Waals surface area contributed by atoms with Crippen LogP contribution in [0, 0.1) is 10.4 Å². The minimum atomic E-state index is -0.853. The van der Waals surface area contributed by atoms with Gasteiger partial charge in [0.05, 0.1) is 0 Å². The Morgan fingerprint density at radius 3 is 1.69 bits per heavy atom. The molecule has 0 heterocycles. The van der Waals surface area contributed by atoms with E-state index in [4.69, 9.17) is 10.2 Å². The van der Waals surface area contributed by atoms with Gasteiger partial charge in [-0.2, -0.15) is 0 Å². The van der Waals surface area contributed by atoms with Crippen molar-refractivity contribution in [2.24, 2.45) is 0 Å². The molecule has 0 bridgehead atoms. The molecule has 3 nitrogen and oxygen atoms in total. The first-order valence-corrected chi connectivity index (χ1v) is 4.17. The van der Waals surface area contributed by atoms with Crippen molar-refractivity contribution < 1.29 is 15.0 Å². The highest BCUT2D eigenvalue weighted by Crippen LogP contribution is 2.04. The van der Waals surface area contributed by atoms with Crippen molar-refractivity contribution in [1.82, 2.24) is 0 Å². The van der Waals surface area contributed by atoms with Gasteiger partial charge < -0.3 is 10.2 Å². The quantitative estimate of drug-likeness (QED) is 0.744. The van der Waals surface area contributed by atoms with E-state index in [-0.39, 0.29) is 13.0 Å². The van der Waals surface area contributed by atoms with Crippen LogP contribution in [0.4, 0.5) is 0 Å². The van der Waals surface area contributed by atoms with Crippen molar-refractivity contribution in [2.75, 3.05) is 6.61 Å². The Balaban J connectivity index is 0.000000130. The smallest absolute Gasteiger partial charge is 0.303 e. The second kappa shape index (κ2) is 4.62. The number of aliphatic hydroxyl groups excluding tert-OH is 1. The van der Waals surface area contributed by atoms with Gasteiger partial charge in [-0.15, -0.1) is 0 Å². The molecule has 0 amide bonds. The summed E-state index contributed by atoms with van der Waals surface area (Å²) in [7, 11) is 0. The molecule has 0 atom stereocenters.